The molecule has 1 fully saturated rings. The number of nitrogens with one attached hydrogen (secondary N) is 1. The highest BCUT2D eigenvalue weighted by Gasteiger charge is 2.19. The minimum atomic E-state index is 0.685. The van der Waals surface area contributed by atoms with Gasteiger partial charge in [0.05, 0.1) is 13.1 Å². The zero-order chi connectivity index (χ0) is 14.4. The predicted molar refractivity (Wildman–Crippen MR) is 83.8 cm³/mol. The van der Waals surface area contributed by atoms with Gasteiger partial charge in [0, 0.05) is 6.04 Å². The van der Waals surface area contributed by atoms with Crippen LogP contribution in [0.25, 0.3) is 0 Å². The molecule has 114 valence electrons. The summed E-state index contributed by atoms with van der Waals surface area (Å²) in [6.45, 7) is 10.8. The number of hydrogen-bond acceptors (Lipinski definition) is 3. The second kappa shape index (κ2) is 7.84. The Morgan fingerprint density at radius 3 is 3.00 bits per heavy atom. The first-order valence-corrected chi connectivity index (χ1v) is 8.23. The summed E-state index contributed by atoms with van der Waals surface area (Å²) in [7, 11) is 0. The van der Waals surface area contributed by atoms with Crippen molar-refractivity contribution in [3.05, 3.63) is 23.2 Å². The van der Waals surface area contributed by atoms with E-state index in [2.05, 4.69) is 37.1 Å². The SMILES string of the molecule is CCCNCc1oc(CN2CCCCCC2C)cc1C. The van der Waals surface area contributed by atoms with E-state index in [-0.39, 0.29) is 0 Å². The first-order valence-electron chi connectivity index (χ1n) is 8.23. The lowest BCUT2D eigenvalue weighted by molar-refractivity contribution is 0.188. The maximum atomic E-state index is 6.05. The Morgan fingerprint density at radius 1 is 1.35 bits per heavy atom. The molecule has 0 amide bonds. The fraction of sp³-hybridized carbons (Fsp3) is 0.765. The smallest absolute Gasteiger partial charge is 0.120 e. The van der Waals surface area contributed by atoms with Crippen molar-refractivity contribution < 1.29 is 4.42 Å². The van der Waals surface area contributed by atoms with Gasteiger partial charge in [-0.15, -0.1) is 0 Å². The fourth-order valence-corrected chi connectivity index (χ4v) is 2.99. The number of furan rings is 1. The first kappa shape index (κ1) is 15.6. The Balaban J connectivity index is 1.93. The van der Waals surface area contributed by atoms with Crippen molar-refractivity contribution in [3.63, 3.8) is 0 Å². The van der Waals surface area contributed by atoms with E-state index in [0.717, 1.165) is 37.6 Å². The van der Waals surface area contributed by atoms with Crippen LogP contribution >= 0.6 is 0 Å². The molecule has 1 atom stereocenters. The van der Waals surface area contributed by atoms with Gasteiger partial charge in [0.1, 0.15) is 11.5 Å². The van der Waals surface area contributed by atoms with E-state index in [0.29, 0.717) is 6.04 Å². The third-order valence-electron chi connectivity index (χ3n) is 4.33. The van der Waals surface area contributed by atoms with Crippen molar-refractivity contribution in [2.75, 3.05) is 13.1 Å². The van der Waals surface area contributed by atoms with Crippen LogP contribution in [0.2, 0.25) is 0 Å². The van der Waals surface area contributed by atoms with Crippen molar-refractivity contribution in [2.45, 2.75) is 72.0 Å². The van der Waals surface area contributed by atoms with Gasteiger partial charge in [-0.1, -0.05) is 19.8 Å². The van der Waals surface area contributed by atoms with Crippen LogP contribution in [0.4, 0.5) is 0 Å². The van der Waals surface area contributed by atoms with Crippen LogP contribution in [0.1, 0.15) is 63.0 Å². The lowest BCUT2D eigenvalue weighted by Gasteiger charge is -2.25. The molecule has 1 unspecified atom stereocenters. The Labute approximate surface area is 123 Å². The molecule has 1 saturated heterocycles. The molecular formula is C17H30N2O. The van der Waals surface area contributed by atoms with E-state index >= 15 is 0 Å². The molecule has 0 aliphatic carbocycles. The summed E-state index contributed by atoms with van der Waals surface area (Å²) in [6, 6.07) is 2.91. The molecule has 1 aliphatic heterocycles. The van der Waals surface area contributed by atoms with Gasteiger partial charge >= 0.3 is 0 Å². The van der Waals surface area contributed by atoms with Crippen LogP contribution in [0.5, 0.6) is 0 Å². The molecule has 0 bridgehead atoms. The van der Waals surface area contributed by atoms with Gasteiger partial charge in [-0.2, -0.15) is 0 Å². The van der Waals surface area contributed by atoms with Crippen LogP contribution in [0.3, 0.4) is 0 Å². The summed E-state index contributed by atoms with van der Waals surface area (Å²) in [4.78, 5) is 2.58. The normalized spacial score (nSPS) is 21.1. The van der Waals surface area contributed by atoms with E-state index < -0.39 is 0 Å². The zero-order valence-electron chi connectivity index (χ0n) is 13.4. The molecule has 0 radical (unpaired) electrons. The highest BCUT2D eigenvalue weighted by atomic mass is 16.3. The van der Waals surface area contributed by atoms with Gasteiger partial charge in [-0.25, -0.2) is 0 Å². The molecule has 3 nitrogen and oxygen atoms in total. The maximum absolute atomic E-state index is 6.05. The van der Waals surface area contributed by atoms with Crippen molar-refractivity contribution in [1.29, 1.82) is 0 Å². The average molecular weight is 278 g/mol. The van der Waals surface area contributed by atoms with Crippen molar-refractivity contribution in [3.8, 4) is 0 Å². The van der Waals surface area contributed by atoms with Crippen LogP contribution in [-0.4, -0.2) is 24.0 Å². The lowest BCUT2D eigenvalue weighted by Crippen LogP contribution is -2.31. The molecule has 1 aliphatic rings. The molecule has 3 heteroatoms. The summed E-state index contributed by atoms with van der Waals surface area (Å²) in [5, 5.41) is 3.42. The summed E-state index contributed by atoms with van der Waals surface area (Å²) in [5.41, 5.74) is 1.28. The molecule has 1 N–H and O–H groups in total. The zero-order valence-corrected chi connectivity index (χ0v) is 13.4. The van der Waals surface area contributed by atoms with Gasteiger partial charge in [0.15, 0.2) is 0 Å². The quantitative estimate of drug-likeness (QED) is 0.801. The first-order chi connectivity index (χ1) is 9.70. The minimum absolute atomic E-state index is 0.685. The summed E-state index contributed by atoms with van der Waals surface area (Å²) < 4.78 is 6.05. The molecule has 2 rings (SSSR count). The number of likely N-dealkylation sites (tertiary alicyclic amines) is 1. The van der Waals surface area contributed by atoms with Crippen molar-refractivity contribution in [1.82, 2.24) is 10.2 Å². The van der Waals surface area contributed by atoms with Crippen molar-refractivity contribution >= 4 is 0 Å². The van der Waals surface area contributed by atoms with Crippen molar-refractivity contribution in [2.24, 2.45) is 0 Å². The van der Waals surface area contributed by atoms with Gasteiger partial charge in [0.2, 0.25) is 0 Å². The van der Waals surface area contributed by atoms with E-state index in [4.69, 9.17) is 4.42 Å². The number of nitrogens with zero attached hydrogens (tertiary/aromatic N) is 1. The minimum Gasteiger partial charge on any atom is -0.463 e. The van der Waals surface area contributed by atoms with E-state index in [1.165, 1.54) is 37.8 Å². The Bertz CT molecular complexity index is 400. The predicted octanol–water partition coefficient (Wildman–Crippen LogP) is 3.85. The second-order valence-electron chi connectivity index (χ2n) is 6.16. The van der Waals surface area contributed by atoms with Crippen LogP contribution in [0.15, 0.2) is 10.5 Å². The van der Waals surface area contributed by atoms with Gasteiger partial charge in [0.25, 0.3) is 0 Å². The van der Waals surface area contributed by atoms with Gasteiger partial charge < -0.3 is 9.73 Å². The third-order valence-corrected chi connectivity index (χ3v) is 4.33. The van der Waals surface area contributed by atoms with Crippen LogP contribution < -0.4 is 5.32 Å². The molecule has 1 aromatic rings. The van der Waals surface area contributed by atoms with Crippen LogP contribution in [-0.2, 0) is 13.1 Å². The standard InChI is InChI=1S/C17H30N2O/c1-4-9-18-12-17-14(2)11-16(20-17)13-19-10-7-5-6-8-15(19)3/h11,15,18H,4-10,12-13H2,1-3H3. The van der Waals surface area contributed by atoms with E-state index in [9.17, 15) is 0 Å². The van der Waals surface area contributed by atoms with Gasteiger partial charge in [-0.3, -0.25) is 4.90 Å². The largest absolute Gasteiger partial charge is 0.463 e. The van der Waals surface area contributed by atoms with E-state index in [1.807, 2.05) is 0 Å². The fourth-order valence-electron chi connectivity index (χ4n) is 2.99. The van der Waals surface area contributed by atoms with E-state index in [1.54, 1.807) is 0 Å². The molecule has 1 aromatic heterocycles. The van der Waals surface area contributed by atoms with Crippen LogP contribution in [0, 0.1) is 6.92 Å². The molecular weight excluding hydrogens is 248 g/mol. The summed E-state index contributed by atoms with van der Waals surface area (Å²) >= 11 is 0. The molecule has 0 aromatic carbocycles. The second-order valence-corrected chi connectivity index (χ2v) is 6.16. The molecule has 0 saturated carbocycles. The topological polar surface area (TPSA) is 28.4 Å². The van der Waals surface area contributed by atoms with Gasteiger partial charge in [-0.05, 0) is 57.8 Å². The number of rotatable bonds is 6. The average Bonchev–Trinajstić information content (AvgIpc) is 2.64. The molecule has 20 heavy (non-hydrogen) atoms. The summed E-state index contributed by atoms with van der Waals surface area (Å²) in [6.07, 6.45) is 6.57. The molecule has 2 heterocycles. The maximum Gasteiger partial charge on any atom is 0.120 e. The Hall–Kier alpha value is -0.800. The number of aryl methyl sites for hydroxylation is 1. The number of hydrogen-bond donors (Lipinski definition) is 1. The highest BCUT2D eigenvalue weighted by molar-refractivity contribution is 5.20. The monoisotopic (exact) mass is 278 g/mol. The third kappa shape index (κ3) is 4.35. The Kier molecular flexibility index (Phi) is 6.11. The molecule has 0 spiro atoms. The summed E-state index contributed by atoms with van der Waals surface area (Å²) in [5.74, 6) is 2.24. The lowest BCUT2D eigenvalue weighted by atomic mass is 10.1. The Morgan fingerprint density at radius 2 is 2.20 bits per heavy atom. The highest BCUT2D eigenvalue weighted by Crippen LogP contribution is 2.21.